The van der Waals surface area contributed by atoms with E-state index in [1.165, 1.54) is 0 Å². The molecule has 1 rings (SSSR count). The van der Waals surface area contributed by atoms with Gasteiger partial charge >= 0.3 is 5.97 Å². The summed E-state index contributed by atoms with van der Waals surface area (Å²) in [4.78, 5) is 15.8. The second kappa shape index (κ2) is 7.07. The van der Waals surface area contributed by atoms with Crippen LogP contribution in [0.4, 0.5) is 0 Å². The van der Waals surface area contributed by atoms with Crippen LogP contribution in [0.3, 0.4) is 0 Å². The molecule has 0 aliphatic carbocycles. The van der Waals surface area contributed by atoms with Crippen molar-refractivity contribution in [3.8, 4) is 0 Å². The van der Waals surface area contributed by atoms with Gasteiger partial charge in [0.2, 0.25) is 0 Å². The van der Waals surface area contributed by atoms with E-state index in [0.29, 0.717) is 18.6 Å². The lowest BCUT2D eigenvalue weighted by Crippen LogP contribution is -2.58. The summed E-state index contributed by atoms with van der Waals surface area (Å²) in [5, 5.41) is 12.3. The summed E-state index contributed by atoms with van der Waals surface area (Å²) in [7, 11) is 2.14. The molecule has 5 nitrogen and oxygen atoms in total. The Morgan fingerprint density at radius 2 is 1.94 bits per heavy atom. The zero-order valence-corrected chi connectivity index (χ0v) is 12.0. The molecule has 0 saturated carbocycles. The zero-order valence-electron chi connectivity index (χ0n) is 12.0. The number of aliphatic carboxylic acids is 1. The zero-order chi connectivity index (χ0) is 13.7. The van der Waals surface area contributed by atoms with E-state index in [4.69, 9.17) is 0 Å². The second-order valence-electron chi connectivity index (χ2n) is 5.43. The molecule has 1 heterocycles. The van der Waals surface area contributed by atoms with E-state index in [1.807, 2.05) is 6.92 Å². The number of carboxylic acid groups (broad SMARTS) is 1. The Balaban J connectivity index is 2.51. The van der Waals surface area contributed by atoms with E-state index in [9.17, 15) is 9.90 Å². The Bertz CT molecular complexity index is 261. The van der Waals surface area contributed by atoms with Gasteiger partial charge in [-0.05, 0) is 33.9 Å². The van der Waals surface area contributed by atoms with Crippen molar-refractivity contribution < 1.29 is 9.90 Å². The molecule has 0 aromatic heterocycles. The highest BCUT2D eigenvalue weighted by Crippen LogP contribution is 2.13. The highest BCUT2D eigenvalue weighted by atomic mass is 16.4. The average molecular weight is 257 g/mol. The van der Waals surface area contributed by atoms with Gasteiger partial charge in [-0.3, -0.25) is 14.6 Å². The lowest BCUT2D eigenvalue weighted by atomic mass is 10.1. The Morgan fingerprint density at radius 3 is 2.39 bits per heavy atom. The summed E-state index contributed by atoms with van der Waals surface area (Å²) in [5.74, 6) is -0.748. The first-order valence-corrected chi connectivity index (χ1v) is 6.86. The fraction of sp³-hybridized carbons (Fsp3) is 0.923. The molecule has 0 amide bonds. The maximum atomic E-state index is 11.2. The molecule has 106 valence electrons. The Labute approximate surface area is 110 Å². The third-order valence-corrected chi connectivity index (χ3v) is 3.81. The number of carbonyl (C=O) groups is 1. The molecule has 5 heteroatoms. The van der Waals surface area contributed by atoms with Crippen LogP contribution in [0.5, 0.6) is 0 Å². The average Bonchev–Trinajstić information content (AvgIpc) is 2.30. The second-order valence-corrected chi connectivity index (χ2v) is 5.43. The number of carboxylic acids is 1. The van der Waals surface area contributed by atoms with E-state index in [1.54, 1.807) is 0 Å². The quantitative estimate of drug-likeness (QED) is 0.724. The van der Waals surface area contributed by atoms with Gasteiger partial charge < -0.3 is 10.4 Å². The maximum Gasteiger partial charge on any atom is 0.322 e. The molecular weight excluding hydrogens is 230 g/mol. The van der Waals surface area contributed by atoms with Crippen LogP contribution in [0.25, 0.3) is 0 Å². The van der Waals surface area contributed by atoms with Gasteiger partial charge in [-0.25, -0.2) is 0 Å². The van der Waals surface area contributed by atoms with Crippen LogP contribution in [0.1, 0.15) is 27.2 Å². The Morgan fingerprint density at radius 1 is 1.39 bits per heavy atom. The third-order valence-electron chi connectivity index (χ3n) is 3.81. The molecule has 0 aromatic carbocycles. The highest BCUT2D eigenvalue weighted by Gasteiger charge is 2.29. The number of nitrogens with zero attached hydrogens (tertiary/aromatic N) is 2. The summed E-state index contributed by atoms with van der Waals surface area (Å²) in [6.07, 6.45) is 0.958. The number of piperazine rings is 1. The molecule has 3 unspecified atom stereocenters. The first-order valence-electron chi connectivity index (χ1n) is 6.86. The standard InChI is InChI=1S/C13H27N3O2/c1-5-6-14-12(13(17)18)9-16-7-10(2)15(4)11(3)8-16/h10-12,14H,5-9H2,1-4H3,(H,17,18). The van der Waals surface area contributed by atoms with Crippen LogP contribution in [-0.2, 0) is 4.79 Å². The van der Waals surface area contributed by atoms with Gasteiger partial charge in [-0.15, -0.1) is 0 Å². The van der Waals surface area contributed by atoms with Crippen molar-refractivity contribution in [2.75, 3.05) is 33.2 Å². The van der Waals surface area contributed by atoms with Gasteiger partial charge in [0.05, 0.1) is 0 Å². The highest BCUT2D eigenvalue weighted by molar-refractivity contribution is 5.73. The Hall–Kier alpha value is -0.650. The lowest BCUT2D eigenvalue weighted by Gasteiger charge is -2.43. The van der Waals surface area contributed by atoms with Gasteiger partial charge in [0, 0.05) is 31.7 Å². The summed E-state index contributed by atoms with van der Waals surface area (Å²) in [5.41, 5.74) is 0. The number of rotatable bonds is 6. The number of nitrogens with one attached hydrogen (secondary N) is 1. The fourth-order valence-corrected chi connectivity index (χ4v) is 2.47. The van der Waals surface area contributed by atoms with Gasteiger partial charge in [0.25, 0.3) is 0 Å². The number of likely N-dealkylation sites (N-methyl/N-ethyl adjacent to an activating group) is 1. The summed E-state index contributed by atoms with van der Waals surface area (Å²) >= 11 is 0. The monoisotopic (exact) mass is 257 g/mol. The minimum absolute atomic E-state index is 0.451. The van der Waals surface area contributed by atoms with Gasteiger partial charge in [0.15, 0.2) is 0 Å². The van der Waals surface area contributed by atoms with E-state index < -0.39 is 12.0 Å². The Kier molecular flexibility index (Phi) is 6.05. The minimum Gasteiger partial charge on any atom is -0.480 e. The first kappa shape index (κ1) is 15.4. The normalized spacial score (nSPS) is 28.2. The van der Waals surface area contributed by atoms with Crippen molar-refractivity contribution in [3.05, 3.63) is 0 Å². The first-order chi connectivity index (χ1) is 8.45. The largest absolute Gasteiger partial charge is 0.480 e. The molecule has 1 aliphatic rings. The van der Waals surface area contributed by atoms with Crippen molar-refractivity contribution in [1.29, 1.82) is 0 Å². The summed E-state index contributed by atoms with van der Waals surface area (Å²) in [6, 6.07) is 0.511. The van der Waals surface area contributed by atoms with Crippen molar-refractivity contribution in [2.45, 2.75) is 45.3 Å². The predicted octanol–water partition coefficient (Wildman–Crippen LogP) is 0.464. The van der Waals surface area contributed by atoms with Crippen LogP contribution in [0.15, 0.2) is 0 Å². The smallest absolute Gasteiger partial charge is 0.322 e. The van der Waals surface area contributed by atoms with Gasteiger partial charge in [-0.2, -0.15) is 0 Å². The van der Waals surface area contributed by atoms with Crippen LogP contribution >= 0.6 is 0 Å². The molecular formula is C13H27N3O2. The molecule has 0 radical (unpaired) electrons. The fourth-order valence-electron chi connectivity index (χ4n) is 2.47. The maximum absolute atomic E-state index is 11.2. The third kappa shape index (κ3) is 4.23. The lowest BCUT2D eigenvalue weighted by molar-refractivity contribution is -0.140. The van der Waals surface area contributed by atoms with Crippen molar-refractivity contribution in [3.63, 3.8) is 0 Å². The SMILES string of the molecule is CCCNC(CN1CC(C)N(C)C(C)C1)C(=O)O. The van der Waals surface area contributed by atoms with Crippen LogP contribution < -0.4 is 5.32 Å². The van der Waals surface area contributed by atoms with Crippen LogP contribution in [0, 0.1) is 0 Å². The molecule has 18 heavy (non-hydrogen) atoms. The van der Waals surface area contributed by atoms with Crippen LogP contribution in [-0.4, -0.2) is 72.2 Å². The predicted molar refractivity (Wildman–Crippen MR) is 72.8 cm³/mol. The van der Waals surface area contributed by atoms with Crippen molar-refractivity contribution in [1.82, 2.24) is 15.1 Å². The molecule has 0 spiro atoms. The summed E-state index contributed by atoms with van der Waals surface area (Å²) in [6.45, 7) is 9.67. The molecule has 2 N–H and O–H groups in total. The van der Waals surface area contributed by atoms with E-state index in [0.717, 1.165) is 26.1 Å². The molecule has 0 bridgehead atoms. The van der Waals surface area contributed by atoms with Crippen molar-refractivity contribution >= 4 is 5.97 Å². The topological polar surface area (TPSA) is 55.8 Å². The van der Waals surface area contributed by atoms with E-state index in [2.05, 4.69) is 36.0 Å². The molecule has 1 fully saturated rings. The molecule has 0 aromatic rings. The molecule has 1 saturated heterocycles. The van der Waals surface area contributed by atoms with Gasteiger partial charge in [-0.1, -0.05) is 6.92 Å². The van der Waals surface area contributed by atoms with Crippen molar-refractivity contribution in [2.24, 2.45) is 0 Å². The van der Waals surface area contributed by atoms with Crippen LogP contribution in [0.2, 0.25) is 0 Å². The number of hydrogen-bond acceptors (Lipinski definition) is 4. The van der Waals surface area contributed by atoms with E-state index >= 15 is 0 Å². The van der Waals surface area contributed by atoms with E-state index in [-0.39, 0.29) is 0 Å². The van der Waals surface area contributed by atoms with Gasteiger partial charge in [0.1, 0.15) is 6.04 Å². The molecule has 3 atom stereocenters. The molecule has 1 aliphatic heterocycles. The number of hydrogen-bond donors (Lipinski definition) is 2. The summed E-state index contributed by atoms with van der Waals surface area (Å²) < 4.78 is 0. The minimum atomic E-state index is -0.748.